The Balaban J connectivity index is 3.09. The van der Waals surface area contributed by atoms with Gasteiger partial charge < -0.3 is 4.74 Å². The fourth-order valence-electron chi connectivity index (χ4n) is 1.12. The zero-order valence-corrected chi connectivity index (χ0v) is 8.47. The van der Waals surface area contributed by atoms with E-state index in [0.717, 1.165) is 0 Å². The van der Waals surface area contributed by atoms with E-state index in [4.69, 9.17) is 10.00 Å². The molecular formula is C12H9NO3. The van der Waals surface area contributed by atoms with Crippen LogP contribution in [0.5, 0.6) is 0 Å². The number of carbonyl (C=O) groups excluding carboxylic acids is 2. The quantitative estimate of drug-likeness (QED) is 0.435. The van der Waals surface area contributed by atoms with Crippen molar-refractivity contribution in [3.63, 3.8) is 0 Å². The Hall–Kier alpha value is -2.41. The van der Waals surface area contributed by atoms with Crippen LogP contribution in [0.15, 0.2) is 30.9 Å². The van der Waals surface area contributed by atoms with Crippen molar-refractivity contribution in [2.75, 3.05) is 6.61 Å². The predicted octanol–water partition coefficient (Wildman–Crippen LogP) is 1.71. The van der Waals surface area contributed by atoms with E-state index in [2.05, 4.69) is 6.58 Å². The van der Waals surface area contributed by atoms with Crippen LogP contribution in [0.1, 0.15) is 26.3 Å². The summed E-state index contributed by atoms with van der Waals surface area (Å²) >= 11 is 0. The second-order valence-electron chi connectivity index (χ2n) is 2.92. The second-order valence-corrected chi connectivity index (χ2v) is 2.92. The van der Waals surface area contributed by atoms with Gasteiger partial charge >= 0.3 is 5.97 Å². The van der Waals surface area contributed by atoms with E-state index in [1.807, 2.05) is 6.07 Å². The molecule has 0 aliphatic carbocycles. The Morgan fingerprint density at radius 3 is 2.88 bits per heavy atom. The minimum Gasteiger partial charge on any atom is -0.458 e. The van der Waals surface area contributed by atoms with Crippen molar-refractivity contribution in [1.29, 1.82) is 5.26 Å². The van der Waals surface area contributed by atoms with E-state index in [0.29, 0.717) is 11.8 Å². The highest BCUT2D eigenvalue weighted by atomic mass is 16.5. The van der Waals surface area contributed by atoms with Crippen molar-refractivity contribution in [3.8, 4) is 6.07 Å². The van der Waals surface area contributed by atoms with Crippen LogP contribution in [0, 0.1) is 11.3 Å². The molecule has 0 aliphatic rings. The molecule has 0 amide bonds. The molecule has 0 saturated carbocycles. The van der Waals surface area contributed by atoms with Crippen molar-refractivity contribution >= 4 is 12.3 Å². The molecule has 0 atom stereocenters. The van der Waals surface area contributed by atoms with Crippen molar-refractivity contribution in [2.24, 2.45) is 0 Å². The van der Waals surface area contributed by atoms with E-state index in [1.165, 1.54) is 24.3 Å². The van der Waals surface area contributed by atoms with Gasteiger partial charge in [0.05, 0.1) is 17.2 Å². The number of carbonyl (C=O) groups is 2. The summed E-state index contributed by atoms with van der Waals surface area (Å²) in [6, 6.07) is 6.09. The van der Waals surface area contributed by atoms with Crippen molar-refractivity contribution in [2.45, 2.75) is 0 Å². The maximum atomic E-state index is 11.5. The molecule has 0 heterocycles. The first-order valence-corrected chi connectivity index (χ1v) is 4.50. The van der Waals surface area contributed by atoms with Crippen LogP contribution in [0.4, 0.5) is 0 Å². The highest BCUT2D eigenvalue weighted by molar-refractivity contribution is 5.98. The molecule has 4 nitrogen and oxygen atoms in total. The van der Waals surface area contributed by atoms with Gasteiger partial charge in [-0.1, -0.05) is 12.7 Å². The van der Waals surface area contributed by atoms with E-state index >= 15 is 0 Å². The van der Waals surface area contributed by atoms with Crippen molar-refractivity contribution < 1.29 is 14.3 Å². The first-order chi connectivity index (χ1) is 7.72. The fraction of sp³-hybridized carbons (Fsp3) is 0.0833. The van der Waals surface area contributed by atoms with E-state index < -0.39 is 5.97 Å². The summed E-state index contributed by atoms with van der Waals surface area (Å²) < 4.78 is 4.79. The monoisotopic (exact) mass is 215 g/mol. The molecule has 4 heteroatoms. The van der Waals surface area contributed by atoms with E-state index in [-0.39, 0.29) is 17.7 Å². The molecule has 1 rings (SSSR count). The van der Waals surface area contributed by atoms with Gasteiger partial charge in [-0.05, 0) is 18.2 Å². The molecule has 1 aromatic carbocycles. The molecule has 0 bridgehead atoms. The number of hydrogen-bond acceptors (Lipinski definition) is 4. The summed E-state index contributed by atoms with van der Waals surface area (Å²) in [6.07, 6.45) is 1.97. The third kappa shape index (κ3) is 2.55. The molecule has 0 spiro atoms. The van der Waals surface area contributed by atoms with Crippen LogP contribution < -0.4 is 0 Å². The minimum atomic E-state index is -0.640. The van der Waals surface area contributed by atoms with Crippen molar-refractivity contribution in [3.05, 3.63) is 47.5 Å². The number of rotatable bonds is 4. The molecule has 0 aromatic heterocycles. The molecule has 1 aromatic rings. The molecule has 0 saturated heterocycles. The maximum absolute atomic E-state index is 11.5. The lowest BCUT2D eigenvalue weighted by Crippen LogP contribution is -2.08. The first kappa shape index (κ1) is 11.7. The van der Waals surface area contributed by atoms with Gasteiger partial charge in [-0.15, -0.1) is 0 Å². The normalized spacial score (nSPS) is 8.94. The zero-order chi connectivity index (χ0) is 12.0. The summed E-state index contributed by atoms with van der Waals surface area (Å²) in [5, 5.41) is 8.68. The third-order valence-electron chi connectivity index (χ3n) is 1.86. The average Bonchev–Trinajstić information content (AvgIpc) is 2.35. The number of hydrogen-bond donors (Lipinski definition) is 0. The van der Waals surface area contributed by atoms with Gasteiger partial charge in [0, 0.05) is 5.56 Å². The van der Waals surface area contributed by atoms with E-state index in [9.17, 15) is 9.59 Å². The van der Waals surface area contributed by atoms with Gasteiger partial charge in [-0.3, -0.25) is 4.79 Å². The summed E-state index contributed by atoms with van der Waals surface area (Å²) in [7, 11) is 0. The van der Waals surface area contributed by atoms with Crippen LogP contribution in [-0.2, 0) is 4.74 Å². The SMILES string of the molecule is C=CCOC(=O)c1cc(C#N)ccc1C=O. The summed E-state index contributed by atoms with van der Waals surface area (Å²) in [5.74, 6) is -0.640. The van der Waals surface area contributed by atoms with Gasteiger partial charge in [0.25, 0.3) is 0 Å². The number of benzene rings is 1. The molecule has 80 valence electrons. The zero-order valence-electron chi connectivity index (χ0n) is 8.47. The van der Waals surface area contributed by atoms with Gasteiger partial charge in [-0.25, -0.2) is 4.79 Å². The predicted molar refractivity (Wildman–Crippen MR) is 57.0 cm³/mol. The molecule has 0 radical (unpaired) electrons. The topological polar surface area (TPSA) is 67.2 Å². The smallest absolute Gasteiger partial charge is 0.339 e. The molecule has 0 fully saturated rings. The lowest BCUT2D eigenvalue weighted by Gasteiger charge is -2.04. The van der Waals surface area contributed by atoms with Gasteiger partial charge in [0.1, 0.15) is 6.61 Å². The van der Waals surface area contributed by atoms with Crippen molar-refractivity contribution in [1.82, 2.24) is 0 Å². The Labute approximate surface area is 92.8 Å². The standard InChI is InChI=1S/C12H9NO3/c1-2-5-16-12(15)11-6-9(7-13)3-4-10(11)8-14/h2-4,6,8H,1,5H2. The summed E-state index contributed by atoms with van der Waals surface area (Å²) in [6.45, 7) is 3.47. The number of nitriles is 1. The molecule has 16 heavy (non-hydrogen) atoms. The third-order valence-corrected chi connectivity index (χ3v) is 1.86. The molecule has 0 N–H and O–H groups in total. The van der Waals surface area contributed by atoms with Crippen LogP contribution in [-0.4, -0.2) is 18.9 Å². The van der Waals surface area contributed by atoms with Gasteiger partial charge in [0.2, 0.25) is 0 Å². The minimum absolute atomic E-state index is 0.0634. The average molecular weight is 215 g/mol. The lowest BCUT2D eigenvalue weighted by molar-refractivity contribution is 0.0547. The Kier molecular flexibility index (Phi) is 3.98. The number of aldehydes is 1. The molecule has 0 unspecified atom stereocenters. The Morgan fingerprint density at radius 2 is 2.31 bits per heavy atom. The van der Waals surface area contributed by atoms with Crippen LogP contribution in [0.3, 0.4) is 0 Å². The lowest BCUT2D eigenvalue weighted by atomic mass is 10.1. The number of ether oxygens (including phenoxy) is 1. The van der Waals surface area contributed by atoms with Gasteiger partial charge in [-0.2, -0.15) is 5.26 Å². The summed E-state index contributed by atoms with van der Waals surface area (Å²) in [5.41, 5.74) is 0.597. The fourth-order valence-corrected chi connectivity index (χ4v) is 1.12. The van der Waals surface area contributed by atoms with Crippen LogP contribution in [0.25, 0.3) is 0 Å². The van der Waals surface area contributed by atoms with Gasteiger partial charge in [0.15, 0.2) is 6.29 Å². The maximum Gasteiger partial charge on any atom is 0.339 e. The molecular weight excluding hydrogens is 206 g/mol. The number of esters is 1. The Bertz CT molecular complexity index is 472. The van der Waals surface area contributed by atoms with Crippen LogP contribution >= 0.6 is 0 Å². The van der Waals surface area contributed by atoms with Crippen LogP contribution in [0.2, 0.25) is 0 Å². The highest BCUT2D eigenvalue weighted by Crippen LogP contribution is 2.11. The van der Waals surface area contributed by atoms with E-state index in [1.54, 1.807) is 0 Å². The number of nitrogens with zero attached hydrogens (tertiary/aromatic N) is 1. The first-order valence-electron chi connectivity index (χ1n) is 4.50. The molecule has 0 aliphatic heterocycles. The highest BCUT2D eigenvalue weighted by Gasteiger charge is 2.12. The second kappa shape index (κ2) is 5.47. The summed E-state index contributed by atoms with van der Waals surface area (Å²) in [4.78, 5) is 22.2. The largest absolute Gasteiger partial charge is 0.458 e. The Morgan fingerprint density at radius 1 is 1.56 bits per heavy atom.